The molecule has 0 spiro atoms. The average Bonchev–Trinajstić information content (AvgIpc) is 3.65. The monoisotopic (exact) mass is 642 g/mol. The maximum atomic E-state index is 14.7. The number of aromatic amines is 2. The van der Waals surface area contributed by atoms with Crippen LogP contribution in [0.25, 0.3) is 0 Å². The van der Waals surface area contributed by atoms with Crippen molar-refractivity contribution in [3.63, 3.8) is 0 Å². The van der Waals surface area contributed by atoms with Crippen molar-refractivity contribution in [1.82, 2.24) is 30.2 Å². The summed E-state index contributed by atoms with van der Waals surface area (Å²) in [5, 5.41) is 15.3. The summed E-state index contributed by atoms with van der Waals surface area (Å²) in [6, 6.07) is 12.0. The Morgan fingerprint density at radius 2 is 1.02 bits per heavy atom. The number of nitrogens with one attached hydrogen (secondary N) is 2. The number of halogens is 4. The van der Waals surface area contributed by atoms with E-state index in [-0.39, 0.29) is 17.4 Å². The number of aromatic nitrogens is 4. The highest BCUT2D eigenvalue weighted by molar-refractivity contribution is 6.31. The van der Waals surface area contributed by atoms with E-state index in [1.165, 1.54) is 24.3 Å². The molecular formula is C31H34Cl2F2N8O. The third-order valence-electron chi connectivity index (χ3n) is 8.66. The molecule has 6 rings (SSSR count). The van der Waals surface area contributed by atoms with Crippen LogP contribution in [-0.2, 0) is 17.6 Å². The largest absolute Gasteiger partial charge is 0.369 e. The number of benzene rings is 2. The van der Waals surface area contributed by atoms with Gasteiger partial charge in [0.1, 0.15) is 11.6 Å². The first-order chi connectivity index (χ1) is 21.4. The lowest BCUT2D eigenvalue weighted by atomic mass is 9.93. The van der Waals surface area contributed by atoms with E-state index in [0.29, 0.717) is 86.6 Å². The van der Waals surface area contributed by atoms with E-state index in [2.05, 4.69) is 40.0 Å². The van der Waals surface area contributed by atoms with Gasteiger partial charge < -0.3 is 9.80 Å². The first-order valence-corrected chi connectivity index (χ1v) is 15.5. The van der Waals surface area contributed by atoms with Gasteiger partial charge in [0.15, 0.2) is 5.78 Å². The fourth-order valence-electron chi connectivity index (χ4n) is 6.19. The number of rotatable bonds is 10. The van der Waals surface area contributed by atoms with Gasteiger partial charge in [-0.25, -0.2) is 8.78 Å². The Labute approximate surface area is 264 Å². The van der Waals surface area contributed by atoms with Crippen molar-refractivity contribution in [1.29, 1.82) is 0 Å². The summed E-state index contributed by atoms with van der Waals surface area (Å²) in [6.07, 6.45) is 3.97. The minimum atomic E-state index is -0.482. The molecule has 0 aliphatic carbocycles. The van der Waals surface area contributed by atoms with Crippen LogP contribution in [0, 0.1) is 11.6 Å². The quantitative estimate of drug-likeness (QED) is 0.264. The molecule has 2 atom stereocenters. The molecule has 0 saturated carbocycles. The summed E-state index contributed by atoms with van der Waals surface area (Å²) < 4.78 is 27.0. The van der Waals surface area contributed by atoms with E-state index in [0.717, 1.165) is 11.4 Å². The topological polar surface area (TPSA) is 87.4 Å². The molecule has 9 nitrogen and oxygen atoms in total. The maximum Gasteiger partial charge on any atom is 0.167 e. The molecule has 0 amide bonds. The van der Waals surface area contributed by atoms with Crippen LogP contribution >= 0.6 is 23.2 Å². The minimum absolute atomic E-state index is 0.0635. The van der Waals surface area contributed by atoms with Crippen molar-refractivity contribution in [3.05, 3.63) is 94.0 Å². The molecule has 2 saturated heterocycles. The van der Waals surface area contributed by atoms with Gasteiger partial charge in [-0.2, -0.15) is 10.2 Å². The zero-order valence-corrected chi connectivity index (χ0v) is 25.6. The van der Waals surface area contributed by atoms with Crippen LogP contribution in [0.3, 0.4) is 0 Å². The summed E-state index contributed by atoms with van der Waals surface area (Å²) in [5.41, 5.74) is 3.19. The third kappa shape index (κ3) is 6.91. The highest BCUT2D eigenvalue weighted by Gasteiger charge is 2.38. The van der Waals surface area contributed by atoms with Gasteiger partial charge in [-0.15, -0.1) is 0 Å². The molecule has 44 heavy (non-hydrogen) atoms. The Balaban J connectivity index is 1.23. The number of nitrogens with zero attached hydrogens (tertiary/aromatic N) is 6. The standard InChI is InChI=1S/C31H34Cl2F2N8O/c32-25-19-36-38-27(25)17-29(42-13-9-40(10-14-42)23-5-1-21(34)2-6-23)31(44)30(18-28-26(33)20-37-39-28)43-15-11-41(12-16-43)24-7-3-22(35)4-8-24/h1-8,19-20,29-30H,9-18H2,(H,36,38)(H,37,39). The van der Waals surface area contributed by atoms with Crippen LogP contribution < -0.4 is 9.80 Å². The smallest absolute Gasteiger partial charge is 0.167 e. The number of Topliss-reactive ketones (excluding diaryl/α,β-unsaturated/α-hetero) is 1. The SMILES string of the molecule is O=C(C(Cc1n[nH]cc1Cl)N1CCN(c2ccc(F)cc2)CC1)C(Cc1n[nH]cc1Cl)N1CCN(c2ccc(F)cc2)CC1. The zero-order valence-electron chi connectivity index (χ0n) is 24.1. The Kier molecular flexibility index (Phi) is 9.46. The van der Waals surface area contributed by atoms with Crippen molar-refractivity contribution < 1.29 is 13.6 Å². The van der Waals surface area contributed by atoms with Crippen molar-refractivity contribution in [2.75, 3.05) is 62.2 Å². The van der Waals surface area contributed by atoms with Gasteiger partial charge >= 0.3 is 0 Å². The van der Waals surface area contributed by atoms with Gasteiger partial charge in [0, 0.05) is 89.0 Å². The molecule has 2 aliphatic heterocycles. The lowest BCUT2D eigenvalue weighted by Gasteiger charge is -2.43. The van der Waals surface area contributed by atoms with Crippen LogP contribution in [-0.4, -0.2) is 100 Å². The molecule has 0 bridgehead atoms. The second-order valence-electron chi connectivity index (χ2n) is 11.2. The average molecular weight is 644 g/mol. The number of carbonyl (C=O) groups is 1. The summed E-state index contributed by atoms with van der Waals surface area (Å²) >= 11 is 12.9. The van der Waals surface area contributed by atoms with Crippen LogP contribution in [0.4, 0.5) is 20.2 Å². The first-order valence-electron chi connectivity index (χ1n) is 14.7. The second kappa shape index (κ2) is 13.6. The number of piperazine rings is 2. The molecule has 2 N–H and O–H groups in total. The number of anilines is 2. The van der Waals surface area contributed by atoms with Gasteiger partial charge in [0.25, 0.3) is 0 Å². The van der Waals surface area contributed by atoms with E-state index in [1.54, 1.807) is 36.7 Å². The molecule has 2 aliphatic rings. The summed E-state index contributed by atoms with van der Waals surface area (Å²) in [4.78, 5) is 23.6. The molecule has 2 fully saturated rings. The van der Waals surface area contributed by atoms with Crippen molar-refractivity contribution in [2.24, 2.45) is 0 Å². The number of hydrogen-bond acceptors (Lipinski definition) is 7. The van der Waals surface area contributed by atoms with Crippen molar-refractivity contribution in [3.8, 4) is 0 Å². The van der Waals surface area contributed by atoms with Crippen molar-refractivity contribution >= 4 is 40.4 Å². The van der Waals surface area contributed by atoms with Crippen LogP contribution in [0.5, 0.6) is 0 Å². The van der Waals surface area contributed by atoms with Gasteiger partial charge in [0.2, 0.25) is 0 Å². The predicted molar refractivity (Wildman–Crippen MR) is 168 cm³/mol. The highest BCUT2D eigenvalue weighted by Crippen LogP contribution is 2.26. The molecule has 4 heterocycles. The minimum Gasteiger partial charge on any atom is -0.369 e. The summed E-state index contributed by atoms with van der Waals surface area (Å²) in [6.45, 7) is 5.33. The molecule has 13 heteroatoms. The van der Waals surface area contributed by atoms with Crippen LogP contribution in [0.15, 0.2) is 60.9 Å². The molecule has 0 radical (unpaired) electrons. The lowest BCUT2D eigenvalue weighted by Crippen LogP contribution is -2.60. The maximum absolute atomic E-state index is 14.7. The fourth-order valence-corrected chi connectivity index (χ4v) is 6.52. The predicted octanol–water partition coefficient (Wildman–Crippen LogP) is 4.45. The summed E-state index contributed by atoms with van der Waals surface area (Å²) in [5.74, 6) is -0.473. The molecular weight excluding hydrogens is 609 g/mol. The number of ketones is 1. The molecule has 2 unspecified atom stereocenters. The zero-order chi connectivity index (χ0) is 30.6. The highest BCUT2D eigenvalue weighted by atomic mass is 35.5. The Hall–Kier alpha value is -3.51. The lowest BCUT2D eigenvalue weighted by molar-refractivity contribution is -0.130. The second-order valence-corrected chi connectivity index (χ2v) is 12.0. The Morgan fingerprint density at radius 1 is 0.659 bits per heavy atom. The molecule has 2 aromatic carbocycles. The first kappa shape index (κ1) is 30.5. The Morgan fingerprint density at radius 3 is 1.34 bits per heavy atom. The number of carbonyl (C=O) groups excluding carboxylic acids is 1. The molecule has 2 aromatic heterocycles. The van der Waals surface area contributed by atoms with E-state index < -0.39 is 12.1 Å². The fraction of sp³-hybridized carbons (Fsp3) is 0.387. The van der Waals surface area contributed by atoms with E-state index >= 15 is 0 Å². The van der Waals surface area contributed by atoms with E-state index in [9.17, 15) is 13.6 Å². The molecule has 4 aromatic rings. The third-order valence-corrected chi connectivity index (χ3v) is 9.31. The van der Waals surface area contributed by atoms with Gasteiger partial charge in [-0.05, 0) is 48.5 Å². The van der Waals surface area contributed by atoms with Crippen molar-refractivity contribution in [2.45, 2.75) is 24.9 Å². The number of H-pyrrole nitrogens is 2. The van der Waals surface area contributed by atoms with E-state index in [4.69, 9.17) is 23.2 Å². The van der Waals surface area contributed by atoms with E-state index in [1.807, 2.05) is 0 Å². The van der Waals surface area contributed by atoms with Crippen LogP contribution in [0.2, 0.25) is 10.0 Å². The van der Waals surface area contributed by atoms with Crippen LogP contribution in [0.1, 0.15) is 11.4 Å². The Bertz CT molecular complexity index is 1420. The number of hydrogen-bond donors (Lipinski definition) is 2. The summed E-state index contributed by atoms with van der Waals surface area (Å²) in [7, 11) is 0. The normalized spacial score (nSPS) is 18.0. The van der Waals surface area contributed by atoms with Gasteiger partial charge in [0.05, 0.1) is 33.5 Å². The molecule has 232 valence electrons. The van der Waals surface area contributed by atoms with Gasteiger partial charge in [-0.1, -0.05) is 23.2 Å². The van der Waals surface area contributed by atoms with Gasteiger partial charge in [-0.3, -0.25) is 24.8 Å².